The fourth-order valence-electron chi connectivity index (χ4n) is 2.25. The van der Waals surface area contributed by atoms with Gasteiger partial charge in [-0.05, 0) is 36.2 Å². The van der Waals surface area contributed by atoms with E-state index in [9.17, 15) is 0 Å². The van der Waals surface area contributed by atoms with Crippen LogP contribution in [-0.4, -0.2) is 16.6 Å². The molecular weight excluding hydrogens is 306 g/mol. The number of nitrogens with two attached hydrogens (primary N) is 1. The summed E-state index contributed by atoms with van der Waals surface area (Å²) in [6, 6.07) is 11.8. The summed E-state index contributed by atoms with van der Waals surface area (Å²) in [7, 11) is 0. The third-order valence-electron chi connectivity index (χ3n) is 3.37. The second kappa shape index (κ2) is 7.24. The molecule has 0 aliphatic carbocycles. The van der Waals surface area contributed by atoms with E-state index in [2.05, 4.69) is 16.9 Å². The summed E-state index contributed by atoms with van der Waals surface area (Å²) < 4.78 is 5.61. The van der Waals surface area contributed by atoms with Crippen molar-refractivity contribution >= 4 is 17.0 Å². The first-order chi connectivity index (χ1) is 11.3. The standard InChI is InChI=1S/C18H19N3OS/c1-2-9-22-17-7-6-13(10-14(17)19)11-18-21-16(12-23-18)15-5-3-4-8-20-15/h3-8,10,12H,2,9,11,19H2,1H3. The summed E-state index contributed by atoms with van der Waals surface area (Å²) in [5.41, 5.74) is 9.69. The molecule has 3 aromatic rings. The highest BCUT2D eigenvalue weighted by Gasteiger charge is 2.08. The van der Waals surface area contributed by atoms with Crippen LogP contribution in [0.15, 0.2) is 48.0 Å². The number of anilines is 1. The molecule has 0 aliphatic rings. The van der Waals surface area contributed by atoms with Gasteiger partial charge < -0.3 is 10.5 Å². The number of nitrogen functional groups attached to an aromatic ring is 1. The number of benzene rings is 1. The number of hydrogen-bond acceptors (Lipinski definition) is 5. The van der Waals surface area contributed by atoms with Gasteiger partial charge in [0.2, 0.25) is 0 Å². The van der Waals surface area contributed by atoms with Gasteiger partial charge in [-0.25, -0.2) is 4.98 Å². The summed E-state index contributed by atoms with van der Waals surface area (Å²) in [5.74, 6) is 0.754. The SMILES string of the molecule is CCCOc1ccc(Cc2nc(-c3ccccn3)cs2)cc1N. The quantitative estimate of drug-likeness (QED) is 0.691. The maximum absolute atomic E-state index is 6.06. The van der Waals surface area contributed by atoms with Crippen LogP contribution in [0.2, 0.25) is 0 Å². The van der Waals surface area contributed by atoms with Crippen LogP contribution < -0.4 is 10.5 Å². The number of aromatic nitrogens is 2. The molecule has 0 saturated carbocycles. The van der Waals surface area contributed by atoms with E-state index in [1.165, 1.54) is 0 Å². The molecule has 118 valence electrons. The van der Waals surface area contributed by atoms with E-state index in [1.54, 1.807) is 17.5 Å². The molecule has 0 spiro atoms. The van der Waals surface area contributed by atoms with Crippen LogP contribution in [0.1, 0.15) is 23.9 Å². The third-order valence-corrected chi connectivity index (χ3v) is 4.22. The minimum atomic E-state index is 0.678. The molecule has 5 heteroatoms. The van der Waals surface area contributed by atoms with Crippen LogP contribution in [0, 0.1) is 0 Å². The number of pyridine rings is 1. The maximum Gasteiger partial charge on any atom is 0.142 e. The van der Waals surface area contributed by atoms with Crippen molar-refractivity contribution in [1.82, 2.24) is 9.97 Å². The van der Waals surface area contributed by atoms with E-state index in [1.807, 2.05) is 41.8 Å². The molecule has 2 N–H and O–H groups in total. The molecular formula is C18H19N3OS. The van der Waals surface area contributed by atoms with E-state index >= 15 is 0 Å². The normalized spacial score (nSPS) is 10.7. The lowest BCUT2D eigenvalue weighted by Crippen LogP contribution is -2.00. The van der Waals surface area contributed by atoms with Gasteiger partial charge in [0.05, 0.1) is 28.7 Å². The second-order valence-corrected chi connectivity index (χ2v) is 6.18. The van der Waals surface area contributed by atoms with Gasteiger partial charge in [-0.1, -0.05) is 19.1 Å². The smallest absolute Gasteiger partial charge is 0.142 e. The fraction of sp³-hybridized carbons (Fsp3) is 0.222. The number of nitrogens with zero attached hydrogens (tertiary/aromatic N) is 2. The lowest BCUT2D eigenvalue weighted by molar-refractivity contribution is 0.319. The Morgan fingerprint density at radius 1 is 1.17 bits per heavy atom. The summed E-state index contributed by atoms with van der Waals surface area (Å²) in [6.07, 6.45) is 3.51. The molecule has 2 heterocycles. The van der Waals surface area contributed by atoms with Crippen LogP contribution in [0.3, 0.4) is 0 Å². The molecule has 2 aromatic heterocycles. The Labute approximate surface area is 140 Å². The van der Waals surface area contributed by atoms with Crippen molar-refractivity contribution in [2.75, 3.05) is 12.3 Å². The van der Waals surface area contributed by atoms with E-state index in [4.69, 9.17) is 10.5 Å². The van der Waals surface area contributed by atoms with E-state index in [0.717, 1.165) is 40.6 Å². The number of hydrogen-bond donors (Lipinski definition) is 1. The maximum atomic E-state index is 6.06. The molecule has 0 saturated heterocycles. The molecule has 0 bridgehead atoms. The zero-order valence-corrected chi connectivity index (χ0v) is 13.8. The topological polar surface area (TPSA) is 61.0 Å². The molecule has 0 amide bonds. The molecule has 3 rings (SSSR count). The van der Waals surface area contributed by atoms with Gasteiger partial charge >= 0.3 is 0 Å². The van der Waals surface area contributed by atoms with Gasteiger partial charge in [0, 0.05) is 18.0 Å². The van der Waals surface area contributed by atoms with E-state index in [-0.39, 0.29) is 0 Å². The minimum absolute atomic E-state index is 0.678. The lowest BCUT2D eigenvalue weighted by atomic mass is 10.1. The first-order valence-corrected chi connectivity index (χ1v) is 8.51. The van der Waals surface area contributed by atoms with Crippen molar-refractivity contribution in [1.29, 1.82) is 0 Å². The molecule has 0 radical (unpaired) electrons. The summed E-state index contributed by atoms with van der Waals surface area (Å²) in [5, 5.41) is 3.09. The van der Waals surface area contributed by atoms with Crippen LogP contribution in [-0.2, 0) is 6.42 Å². The van der Waals surface area contributed by atoms with Gasteiger partial charge in [-0.2, -0.15) is 0 Å². The number of rotatable bonds is 6. The van der Waals surface area contributed by atoms with Crippen LogP contribution in [0.5, 0.6) is 5.75 Å². The average Bonchev–Trinajstić information content (AvgIpc) is 3.03. The second-order valence-electron chi connectivity index (χ2n) is 5.24. The summed E-state index contributed by atoms with van der Waals surface area (Å²) in [4.78, 5) is 8.99. The average molecular weight is 325 g/mol. The highest BCUT2D eigenvalue weighted by molar-refractivity contribution is 7.10. The Morgan fingerprint density at radius 2 is 2.09 bits per heavy atom. The highest BCUT2D eigenvalue weighted by atomic mass is 32.1. The van der Waals surface area contributed by atoms with Crippen molar-refractivity contribution in [3.8, 4) is 17.1 Å². The van der Waals surface area contributed by atoms with Crippen molar-refractivity contribution in [2.24, 2.45) is 0 Å². The van der Waals surface area contributed by atoms with Gasteiger partial charge in [-0.15, -0.1) is 11.3 Å². The van der Waals surface area contributed by atoms with Crippen molar-refractivity contribution in [3.05, 3.63) is 58.5 Å². The molecule has 1 aromatic carbocycles. The first-order valence-electron chi connectivity index (χ1n) is 7.63. The van der Waals surface area contributed by atoms with Gasteiger partial charge in [-0.3, -0.25) is 4.98 Å². The molecule has 0 atom stereocenters. The van der Waals surface area contributed by atoms with Gasteiger partial charge in [0.25, 0.3) is 0 Å². The monoisotopic (exact) mass is 325 g/mol. The molecule has 0 aliphatic heterocycles. The largest absolute Gasteiger partial charge is 0.491 e. The van der Waals surface area contributed by atoms with Crippen molar-refractivity contribution in [2.45, 2.75) is 19.8 Å². The molecule has 23 heavy (non-hydrogen) atoms. The Morgan fingerprint density at radius 3 is 2.83 bits per heavy atom. The number of thiazole rings is 1. The van der Waals surface area contributed by atoms with Gasteiger partial charge in [0.15, 0.2) is 0 Å². The molecule has 0 fully saturated rings. The Balaban J connectivity index is 1.73. The Bertz CT molecular complexity index is 771. The zero-order chi connectivity index (χ0) is 16.1. The zero-order valence-electron chi connectivity index (χ0n) is 13.0. The van der Waals surface area contributed by atoms with Gasteiger partial charge in [0.1, 0.15) is 5.75 Å². The summed E-state index contributed by atoms with van der Waals surface area (Å²) in [6.45, 7) is 2.76. The lowest BCUT2D eigenvalue weighted by Gasteiger charge is -2.09. The van der Waals surface area contributed by atoms with E-state index in [0.29, 0.717) is 12.3 Å². The minimum Gasteiger partial charge on any atom is -0.491 e. The van der Waals surface area contributed by atoms with Crippen LogP contribution in [0.25, 0.3) is 11.4 Å². The van der Waals surface area contributed by atoms with Crippen LogP contribution >= 0.6 is 11.3 Å². The van der Waals surface area contributed by atoms with Crippen LogP contribution in [0.4, 0.5) is 5.69 Å². The van der Waals surface area contributed by atoms with Crippen molar-refractivity contribution in [3.63, 3.8) is 0 Å². The number of ether oxygens (including phenoxy) is 1. The van der Waals surface area contributed by atoms with Crippen molar-refractivity contribution < 1.29 is 4.74 Å². The Kier molecular flexibility index (Phi) is 4.88. The third kappa shape index (κ3) is 3.87. The predicted octanol–water partition coefficient (Wildman–Crippen LogP) is 4.17. The highest BCUT2D eigenvalue weighted by Crippen LogP contribution is 2.26. The molecule has 0 unspecified atom stereocenters. The summed E-state index contributed by atoms with van der Waals surface area (Å²) >= 11 is 1.64. The van der Waals surface area contributed by atoms with E-state index < -0.39 is 0 Å². The predicted molar refractivity (Wildman–Crippen MR) is 94.8 cm³/mol. The molecule has 4 nitrogen and oxygen atoms in total. The Hall–Kier alpha value is -2.40. The fourth-order valence-corrected chi connectivity index (χ4v) is 3.07. The first kappa shape index (κ1) is 15.5.